The molecule has 0 amide bonds. The molecule has 1 heteroatoms. The largest absolute Gasteiger partial charge is 0.310 e. The summed E-state index contributed by atoms with van der Waals surface area (Å²) in [6, 6.07) is 91.9. The van der Waals surface area contributed by atoms with Crippen molar-refractivity contribution in [2.75, 3.05) is 4.90 Å². The summed E-state index contributed by atoms with van der Waals surface area (Å²) in [4.78, 5) is 2.42. The molecule has 0 N–H and O–H groups in total. The summed E-state index contributed by atoms with van der Waals surface area (Å²) >= 11 is 0. The predicted octanol–water partition coefficient (Wildman–Crippen LogP) is 16.8. The number of hydrogen-bond acceptors (Lipinski definition) is 1. The number of rotatable bonds is 8. The highest BCUT2D eigenvalue weighted by Gasteiger charge is 2.50. The van der Waals surface area contributed by atoms with Gasteiger partial charge in [-0.15, -0.1) is 0 Å². The maximum absolute atomic E-state index is 2.59. The van der Waals surface area contributed by atoms with Crippen molar-refractivity contribution in [1.82, 2.24) is 0 Å². The van der Waals surface area contributed by atoms with E-state index < -0.39 is 5.41 Å². The molecule has 0 aliphatic heterocycles. The zero-order valence-corrected chi connectivity index (χ0v) is 36.6. The summed E-state index contributed by atoms with van der Waals surface area (Å²) in [7, 11) is 0. The highest BCUT2D eigenvalue weighted by atomic mass is 15.1. The van der Waals surface area contributed by atoms with Crippen LogP contribution in [0.3, 0.4) is 0 Å². The van der Waals surface area contributed by atoms with Crippen molar-refractivity contribution >= 4 is 17.1 Å². The number of nitrogens with zero attached hydrogens (tertiary/aromatic N) is 1. The first-order chi connectivity index (χ1) is 32.0. The van der Waals surface area contributed by atoms with E-state index in [2.05, 4.69) is 267 Å². The second-order valence-electron chi connectivity index (χ2n) is 18.0. The zero-order chi connectivity index (χ0) is 43.5. The molecule has 0 heterocycles. The van der Waals surface area contributed by atoms with Gasteiger partial charge in [-0.05, 0) is 125 Å². The zero-order valence-electron chi connectivity index (χ0n) is 36.6. The normalized spacial score (nSPS) is 13.6. The predicted molar refractivity (Wildman–Crippen MR) is 272 cm³/mol. The third-order valence-electron chi connectivity index (χ3n) is 14.2. The lowest BCUT2D eigenvalue weighted by molar-refractivity contribution is 0.656. The van der Waals surface area contributed by atoms with Gasteiger partial charge in [-0.1, -0.05) is 226 Å². The van der Waals surface area contributed by atoms with Crippen molar-refractivity contribution in [1.29, 1.82) is 0 Å². The molecule has 0 saturated carbocycles. The van der Waals surface area contributed by atoms with Gasteiger partial charge in [-0.3, -0.25) is 0 Å². The van der Waals surface area contributed by atoms with Gasteiger partial charge in [0.1, 0.15) is 0 Å². The molecule has 0 unspecified atom stereocenters. The van der Waals surface area contributed by atoms with Gasteiger partial charge in [0.2, 0.25) is 0 Å². The van der Waals surface area contributed by atoms with Gasteiger partial charge < -0.3 is 4.90 Å². The van der Waals surface area contributed by atoms with E-state index >= 15 is 0 Å². The van der Waals surface area contributed by atoms with E-state index in [0.29, 0.717) is 0 Å². The Hall–Kier alpha value is -8.00. The third-order valence-corrected chi connectivity index (χ3v) is 14.2. The van der Waals surface area contributed by atoms with E-state index in [9.17, 15) is 0 Å². The molecule has 0 saturated heterocycles. The minimum absolute atomic E-state index is 0.205. The van der Waals surface area contributed by atoms with Gasteiger partial charge in [-0.25, -0.2) is 0 Å². The Labute approximate surface area is 382 Å². The summed E-state index contributed by atoms with van der Waals surface area (Å²) in [5.74, 6) is 0. The first kappa shape index (κ1) is 38.7. The summed E-state index contributed by atoms with van der Waals surface area (Å²) in [5, 5.41) is 0. The van der Waals surface area contributed by atoms with Crippen LogP contribution in [0.5, 0.6) is 0 Å². The van der Waals surface area contributed by atoms with Crippen LogP contribution in [0.1, 0.15) is 47.2 Å². The molecular weight excluding hydrogens is 783 g/mol. The molecular formula is C64H47N. The van der Waals surface area contributed by atoms with E-state index in [0.717, 1.165) is 17.1 Å². The molecule has 0 atom stereocenters. The lowest BCUT2D eigenvalue weighted by Gasteiger charge is -2.36. The number of anilines is 3. The smallest absolute Gasteiger partial charge is 0.0714 e. The fourth-order valence-corrected chi connectivity index (χ4v) is 11.1. The van der Waals surface area contributed by atoms with E-state index in [-0.39, 0.29) is 5.41 Å². The van der Waals surface area contributed by atoms with Gasteiger partial charge in [0.15, 0.2) is 0 Å². The Kier molecular flexibility index (Phi) is 9.14. The highest BCUT2D eigenvalue weighted by molar-refractivity contribution is 6.06. The second-order valence-corrected chi connectivity index (χ2v) is 18.0. The minimum atomic E-state index is -0.620. The van der Waals surface area contributed by atoms with Gasteiger partial charge >= 0.3 is 0 Å². The SMILES string of the molecule is CC1(C)c2ccccc2-c2c1cc1c(c2-c2ccccc2)-c2ccc(N(c3ccccc3)c3ccc(-c4ccc(-c5ccccc5)cc4)cc3)cc2C1(c1ccccc1)c1ccccc1. The summed E-state index contributed by atoms with van der Waals surface area (Å²) < 4.78 is 0. The molecule has 0 spiro atoms. The quantitative estimate of drug-likeness (QED) is 0.147. The molecule has 0 fully saturated rings. The Balaban J connectivity index is 1.10. The molecule has 0 bridgehead atoms. The van der Waals surface area contributed by atoms with Crippen LogP contribution in [-0.2, 0) is 10.8 Å². The molecule has 2 aliphatic carbocycles. The lowest BCUT2D eigenvalue weighted by atomic mass is 9.66. The Morgan fingerprint density at radius 1 is 0.277 bits per heavy atom. The Morgan fingerprint density at radius 3 is 1.28 bits per heavy atom. The van der Waals surface area contributed by atoms with Crippen molar-refractivity contribution < 1.29 is 0 Å². The standard InChI is InChI=1S/C64H47N/c1-63(2)56-31-19-18-30-54(56)61-58(63)43-59-62(60(61)48-22-10-4-11-23-48)55-41-40-53(42-57(55)64(59,49-24-12-5-13-25-49)50-26-14-6-15-27-50)65(51-28-16-7-17-29-51)52-38-36-47(37-39-52)46-34-32-45(33-35-46)44-20-8-3-9-21-44/h3-43H,1-2H3. The maximum Gasteiger partial charge on any atom is 0.0714 e. The first-order valence-corrected chi connectivity index (χ1v) is 22.8. The first-order valence-electron chi connectivity index (χ1n) is 22.8. The fourth-order valence-electron chi connectivity index (χ4n) is 11.1. The van der Waals surface area contributed by atoms with Crippen molar-refractivity contribution in [2.45, 2.75) is 24.7 Å². The van der Waals surface area contributed by atoms with Crippen LogP contribution in [-0.4, -0.2) is 0 Å². The fraction of sp³-hybridized carbons (Fsp3) is 0.0625. The summed E-state index contributed by atoms with van der Waals surface area (Å²) in [5.41, 5.74) is 23.0. The van der Waals surface area contributed by atoms with E-state index in [4.69, 9.17) is 0 Å². The number of para-hydroxylation sites is 1. The molecule has 0 radical (unpaired) electrons. The van der Waals surface area contributed by atoms with Crippen LogP contribution in [0.25, 0.3) is 55.6 Å². The summed E-state index contributed by atoms with van der Waals surface area (Å²) in [6.45, 7) is 4.82. The van der Waals surface area contributed by atoms with Crippen molar-refractivity contribution in [3.8, 4) is 55.6 Å². The van der Waals surface area contributed by atoms with Gasteiger partial charge in [-0.2, -0.15) is 0 Å². The van der Waals surface area contributed by atoms with Crippen LogP contribution in [0.2, 0.25) is 0 Å². The number of hydrogen-bond donors (Lipinski definition) is 0. The molecule has 12 rings (SSSR count). The highest BCUT2D eigenvalue weighted by Crippen LogP contribution is 2.64. The van der Waals surface area contributed by atoms with E-state index in [1.807, 2.05) is 0 Å². The molecule has 10 aromatic carbocycles. The van der Waals surface area contributed by atoms with Crippen LogP contribution >= 0.6 is 0 Å². The van der Waals surface area contributed by atoms with Crippen molar-refractivity contribution in [2.24, 2.45) is 0 Å². The average molecular weight is 830 g/mol. The van der Waals surface area contributed by atoms with E-state index in [1.54, 1.807) is 0 Å². The summed E-state index contributed by atoms with van der Waals surface area (Å²) in [6.07, 6.45) is 0. The van der Waals surface area contributed by atoms with Crippen LogP contribution in [0, 0.1) is 0 Å². The lowest BCUT2D eigenvalue weighted by Crippen LogP contribution is -2.29. The van der Waals surface area contributed by atoms with Gasteiger partial charge in [0, 0.05) is 22.5 Å². The molecule has 2 aliphatic rings. The molecule has 10 aromatic rings. The van der Waals surface area contributed by atoms with E-state index in [1.165, 1.54) is 89.0 Å². The van der Waals surface area contributed by atoms with Crippen LogP contribution < -0.4 is 4.90 Å². The maximum atomic E-state index is 2.59. The average Bonchev–Trinajstić information content (AvgIpc) is 3.80. The monoisotopic (exact) mass is 829 g/mol. The van der Waals surface area contributed by atoms with Crippen LogP contribution in [0.4, 0.5) is 17.1 Å². The van der Waals surface area contributed by atoms with Gasteiger partial charge in [0.05, 0.1) is 5.41 Å². The van der Waals surface area contributed by atoms with Crippen molar-refractivity contribution in [3.05, 3.63) is 282 Å². The Morgan fingerprint density at radius 2 is 0.692 bits per heavy atom. The van der Waals surface area contributed by atoms with Gasteiger partial charge in [0.25, 0.3) is 0 Å². The van der Waals surface area contributed by atoms with Crippen LogP contribution in [0.15, 0.2) is 249 Å². The topological polar surface area (TPSA) is 3.24 Å². The second kappa shape index (κ2) is 15.4. The number of fused-ring (bicyclic) bond motifs is 6. The molecule has 0 aromatic heterocycles. The molecule has 308 valence electrons. The Bertz CT molecular complexity index is 3300. The molecule has 65 heavy (non-hydrogen) atoms. The number of benzene rings is 10. The third kappa shape index (κ3) is 6.07. The molecule has 1 nitrogen and oxygen atoms in total. The minimum Gasteiger partial charge on any atom is -0.310 e. The van der Waals surface area contributed by atoms with Crippen molar-refractivity contribution in [3.63, 3.8) is 0 Å².